The molecule has 0 aliphatic rings. The molecule has 0 atom stereocenters. The zero-order valence-electron chi connectivity index (χ0n) is 32.1. The maximum atomic E-state index is 13.5. The molecule has 16 nitrogen and oxygen atoms in total. The first-order valence-electron chi connectivity index (χ1n) is 18.2. The molecule has 0 saturated carbocycles. The number of hydrogen-bond donors (Lipinski definition) is 2. The van der Waals surface area contributed by atoms with Crippen LogP contribution in [0.25, 0.3) is 0 Å². The summed E-state index contributed by atoms with van der Waals surface area (Å²) >= 11 is 0. The predicted octanol–water partition coefficient (Wildman–Crippen LogP) is 5.00. The number of carbonyl (C=O) groups excluding carboxylic acids is 2. The van der Waals surface area contributed by atoms with Crippen molar-refractivity contribution in [2.75, 3.05) is 79.3 Å². The molecule has 2 rings (SSSR count). The van der Waals surface area contributed by atoms with Crippen molar-refractivity contribution in [2.45, 2.75) is 59.4 Å². The van der Waals surface area contributed by atoms with Crippen LogP contribution in [0.15, 0.2) is 58.3 Å². The molecular formula is C40H46N8O8S2. The van der Waals surface area contributed by atoms with Gasteiger partial charge in [0.1, 0.15) is 11.1 Å². The van der Waals surface area contributed by atoms with Crippen molar-refractivity contribution in [1.82, 2.24) is 10.6 Å². The molecule has 2 aromatic carbocycles. The van der Waals surface area contributed by atoms with Crippen LogP contribution in [0, 0.1) is 68.0 Å². The fourth-order valence-electron chi connectivity index (χ4n) is 4.82. The molecule has 2 aromatic rings. The Kier molecular flexibility index (Phi) is 25.3. The van der Waals surface area contributed by atoms with Crippen molar-refractivity contribution < 1.29 is 38.0 Å². The van der Waals surface area contributed by atoms with E-state index < -0.39 is 22.9 Å². The number of benzene rings is 2. The highest BCUT2D eigenvalue weighted by atomic mass is 33.1. The summed E-state index contributed by atoms with van der Waals surface area (Å²) in [5.41, 5.74) is -1.60. The Morgan fingerprint density at radius 3 is 0.862 bits per heavy atom. The number of hydrogen-bond acceptors (Lipinski definition) is 16. The quantitative estimate of drug-likeness (QED) is 0.0748. The second kappa shape index (κ2) is 29.9. The summed E-state index contributed by atoms with van der Waals surface area (Å²) in [6.07, 6.45) is 0.895. The molecule has 0 fully saturated rings. The fourth-order valence-corrected chi connectivity index (χ4v) is 6.76. The Morgan fingerprint density at radius 1 is 0.431 bits per heavy atom. The lowest BCUT2D eigenvalue weighted by atomic mass is 10.0. The SMILES string of the molecule is N#CCCOCC(COCCC#N)(COCCC#N)NC(=O)c1ccc(SSc2ccc(C(=O)NC(COCCC#N)(COCCC#N)COCCC#N)cc2)cc1. The van der Waals surface area contributed by atoms with Crippen LogP contribution in [0.4, 0.5) is 0 Å². The van der Waals surface area contributed by atoms with E-state index in [1.165, 1.54) is 21.6 Å². The van der Waals surface area contributed by atoms with Crippen LogP contribution >= 0.6 is 21.6 Å². The minimum absolute atomic E-state index is 0.0291. The Bertz CT molecular complexity index is 1550. The first-order valence-corrected chi connectivity index (χ1v) is 20.3. The van der Waals surface area contributed by atoms with E-state index in [-0.39, 0.29) is 118 Å². The van der Waals surface area contributed by atoms with Crippen molar-refractivity contribution in [3.63, 3.8) is 0 Å². The highest BCUT2D eigenvalue weighted by molar-refractivity contribution is 8.76. The van der Waals surface area contributed by atoms with E-state index in [0.29, 0.717) is 11.1 Å². The van der Waals surface area contributed by atoms with Crippen molar-refractivity contribution >= 4 is 33.4 Å². The molecule has 0 heterocycles. The van der Waals surface area contributed by atoms with Gasteiger partial charge >= 0.3 is 0 Å². The summed E-state index contributed by atoms with van der Waals surface area (Å²) in [7, 11) is 2.89. The van der Waals surface area contributed by atoms with E-state index in [1.807, 2.05) is 36.4 Å². The van der Waals surface area contributed by atoms with Gasteiger partial charge in [-0.15, -0.1) is 0 Å². The lowest BCUT2D eigenvalue weighted by Crippen LogP contribution is -2.58. The number of nitrogens with one attached hydrogen (secondary N) is 2. The van der Waals surface area contributed by atoms with E-state index in [0.717, 1.165) is 9.79 Å². The van der Waals surface area contributed by atoms with Crippen LogP contribution in [0.3, 0.4) is 0 Å². The lowest BCUT2D eigenvalue weighted by molar-refractivity contribution is -0.0344. The van der Waals surface area contributed by atoms with Gasteiger partial charge in [0.2, 0.25) is 0 Å². The number of rotatable bonds is 31. The molecule has 0 bridgehead atoms. The van der Waals surface area contributed by atoms with Gasteiger partial charge in [-0.1, -0.05) is 21.6 Å². The summed E-state index contributed by atoms with van der Waals surface area (Å²) in [6.45, 7) is 0.611. The molecular weight excluding hydrogens is 785 g/mol. The van der Waals surface area contributed by atoms with E-state index in [9.17, 15) is 9.59 Å². The van der Waals surface area contributed by atoms with Crippen LogP contribution in [-0.2, 0) is 28.4 Å². The highest BCUT2D eigenvalue weighted by Gasteiger charge is 2.35. The van der Waals surface area contributed by atoms with Gasteiger partial charge in [0, 0.05) is 20.9 Å². The summed E-state index contributed by atoms with van der Waals surface area (Å²) in [4.78, 5) is 28.7. The normalized spacial score (nSPS) is 10.9. The maximum Gasteiger partial charge on any atom is 0.251 e. The molecule has 306 valence electrons. The molecule has 0 spiro atoms. The molecule has 0 aromatic heterocycles. The minimum atomic E-state index is -1.16. The molecule has 2 N–H and O–H groups in total. The Morgan fingerprint density at radius 2 is 0.655 bits per heavy atom. The van der Waals surface area contributed by atoms with Gasteiger partial charge in [0.05, 0.1) is 154 Å². The van der Waals surface area contributed by atoms with Crippen LogP contribution in [0.5, 0.6) is 0 Å². The molecule has 58 heavy (non-hydrogen) atoms. The van der Waals surface area contributed by atoms with Crippen LogP contribution < -0.4 is 10.6 Å². The third-order valence-corrected chi connectivity index (χ3v) is 10.1. The summed E-state index contributed by atoms with van der Waals surface area (Å²) in [5.74, 6) is -0.843. The summed E-state index contributed by atoms with van der Waals surface area (Å²) in [6, 6.07) is 25.9. The maximum absolute atomic E-state index is 13.5. The lowest BCUT2D eigenvalue weighted by Gasteiger charge is -2.34. The number of nitrogens with zero attached hydrogens (tertiary/aromatic N) is 6. The molecule has 0 saturated heterocycles. The first-order chi connectivity index (χ1) is 28.3. The predicted molar refractivity (Wildman–Crippen MR) is 211 cm³/mol. The fraction of sp³-hybridized carbons (Fsp3) is 0.500. The average Bonchev–Trinajstić information content (AvgIpc) is 3.24. The minimum Gasteiger partial charge on any atom is -0.378 e. The summed E-state index contributed by atoms with van der Waals surface area (Å²) in [5, 5.41) is 59.5. The zero-order valence-corrected chi connectivity index (χ0v) is 33.7. The van der Waals surface area contributed by atoms with Crippen molar-refractivity contribution in [2.24, 2.45) is 0 Å². The Balaban J connectivity index is 2.13. The van der Waals surface area contributed by atoms with Crippen molar-refractivity contribution in [1.29, 1.82) is 31.6 Å². The molecule has 2 amide bonds. The topological polar surface area (TPSA) is 256 Å². The number of carbonyl (C=O) groups is 2. The monoisotopic (exact) mass is 830 g/mol. The standard InChI is InChI=1S/C40H46N8O8S2/c41-15-1-21-51-27-39(28-52-22-2-16-42,29-53-23-3-17-43)47-37(49)33-7-11-35(12-8-33)57-58-36-13-9-34(10-14-36)38(50)48-40(30-54-24-4-18-44,31-55-25-5-19-45)32-56-26-6-20-46/h7-14H,1-6,21-32H2,(H,47,49)(H,48,50). The second-order valence-electron chi connectivity index (χ2n) is 12.4. The second-order valence-corrected chi connectivity index (χ2v) is 14.7. The van der Waals surface area contributed by atoms with E-state index in [1.54, 1.807) is 48.5 Å². The van der Waals surface area contributed by atoms with Gasteiger partial charge in [-0.25, -0.2) is 0 Å². The van der Waals surface area contributed by atoms with Gasteiger partial charge < -0.3 is 39.1 Å². The van der Waals surface area contributed by atoms with E-state index in [2.05, 4.69) is 10.6 Å². The van der Waals surface area contributed by atoms with Crippen molar-refractivity contribution in [3.05, 3.63) is 59.7 Å². The zero-order chi connectivity index (χ0) is 42.2. The molecule has 0 aliphatic carbocycles. The van der Waals surface area contributed by atoms with Crippen LogP contribution in [0.1, 0.15) is 59.2 Å². The van der Waals surface area contributed by atoms with Gasteiger partial charge in [0.15, 0.2) is 0 Å². The number of amides is 2. The van der Waals surface area contributed by atoms with Gasteiger partial charge in [0.25, 0.3) is 11.8 Å². The first kappa shape index (κ1) is 48.9. The summed E-state index contributed by atoms with van der Waals surface area (Å²) < 4.78 is 34.2. The van der Waals surface area contributed by atoms with Gasteiger partial charge in [-0.05, 0) is 48.5 Å². The van der Waals surface area contributed by atoms with Crippen molar-refractivity contribution in [3.8, 4) is 36.4 Å². The smallest absolute Gasteiger partial charge is 0.251 e. The third-order valence-electron chi connectivity index (χ3n) is 7.64. The van der Waals surface area contributed by atoms with Gasteiger partial charge in [-0.3, -0.25) is 9.59 Å². The van der Waals surface area contributed by atoms with Crippen LogP contribution in [0.2, 0.25) is 0 Å². The Hall–Kier alpha value is -5.22. The number of ether oxygens (including phenoxy) is 6. The van der Waals surface area contributed by atoms with Gasteiger partial charge in [-0.2, -0.15) is 31.6 Å². The molecule has 0 aliphatic heterocycles. The molecule has 18 heteroatoms. The molecule has 0 unspecified atom stereocenters. The van der Waals surface area contributed by atoms with E-state index >= 15 is 0 Å². The largest absolute Gasteiger partial charge is 0.378 e. The molecule has 0 radical (unpaired) electrons. The number of nitriles is 6. The van der Waals surface area contributed by atoms with E-state index in [4.69, 9.17) is 60.0 Å². The van der Waals surface area contributed by atoms with Crippen LogP contribution in [-0.4, -0.2) is 102 Å². The average molecular weight is 831 g/mol. The third kappa shape index (κ3) is 19.8. The highest BCUT2D eigenvalue weighted by Crippen LogP contribution is 2.37. The Labute approximate surface area is 347 Å².